The Morgan fingerprint density at radius 3 is 2.55 bits per heavy atom. The molecule has 0 radical (unpaired) electrons. The van der Waals surface area contributed by atoms with Crippen molar-refractivity contribution >= 4 is 50.6 Å². The number of thioether (sulfide) groups is 1. The minimum Gasteiger partial charge on any atom is -0.490 e. The van der Waals surface area contributed by atoms with E-state index in [2.05, 4.69) is 15.9 Å². The van der Waals surface area contributed by atoms with Gasteiger partial charge in [-0.2, -0.15) is 0 Å². The predicted molar refractivity (Wildman–Crippen MR) is 121 cm³/mol. The Labute approximate surface area is 191 Å². The zero-order valence-electron chi connectivity index (χ0n) is 16.8. The lowest BCUT2D eigenvalue weighted by atomic mass is 10.1. The second kappa shape index (κ2) is 9.97. The van der Waals surface area contributed by atoms with E-state index >= 15 is 0 Å². The number of carbonyl (C=O) groups is 2. The summed E-state index contributed by atoms with van der Waals surface area (Å²) in [5, 5.41) is 10.7. The molecule has 1 aliphatic rings. The van der Waals surface area contributed by atoms with Crippen LogP contribution in [0.15, 0.2) is 45.8 Å². The third-order valence-electron chi connectivity index (χ3n) is 4.31. The normalized spacial score (nSPS) is 14.9. The Bertz CT molecular complexity index is 1070. The van der Waals surface area contributed by atoms with E-state index in [1.807, 2.05) is 13.8 Å². The highest BCUT2D eigenvalue weighted by Gasteiger charge is 2.36. The number of amides is 2. The monoisotopic (exact) mass is 506 g/mol. The number of carbonyl (C=O) groups excluding carboxylic acids is 2. The Morgan fingerprint density at radius 1 is 1.16 bits per heavy atom. The van der Waals surface area contributed by atoms with Crippen molar-refractivity contribution < 1.29 is 24.0 Å². The SMILES string of the molecule is CCOc1cc(/C=C2/SC(=O)N(Cc3ccccc3[N+](=O)[O-])C2=O)cc(Br)c1OCC. The molecular formula is C21H19BrN2O6S. The molecule has 0 aromatic heterocycles. The van der Waals surface area contributed by atoms with Gasteiger partial charge in [0, 0.05) is 11.6 Å². The molecule has 2 amide bonds. The van der Waals surface area contributed by atoms with Crippen molar-refractivity contribution in [1.82, 2.24) is 4.90 Å². The summed E-state index contributed by atoms with van der Waals surface area (Å²) >= 11 is 4.25. The fraction of sp³-hybridized carbons (Fsp3) is 0.238. The molecule has 0 bridgehead atoms. The van der Waals surface area contributed by atoms with Crippen LogP contribution in [0.25, 0.3) is 6.08 Å². The van der Waals surface area contributed by atoms with Gasteiger partial charge in [-0.05, 0) is 65.3 Å². The van der Waals surface area contributed by atoms with Crippen molar-refractivity contribution in [2.45, 2.75) is 20.4 Å². The van der Waals surface area contributed by atoms with Crippen molar-refractivity contribution in [2.75, 3.05) is 13.2 Å². The summed E-state index contributed by atoms with van der Waals surface area (Å²) in [6, 6.07) is 9.54. The number of nitro groups is 1. The number of nitro benzene ring substituents is 1. The molecule has 0 N–H and O–H groups in total. The molecule has 8 nitrogen and oxygen atoms in total. The minimum atomic E-state index is -0.531. The molecule has 0 aliphatic carbocycles. The van der Waals surface area contributed by atoms with E-state index in [1.54, 1.807) is 24.3 Å². The number of hydrogen-bond acceptors (Lipinski definition) is 7. The van der Waals surface area contributed by atoms with Crippen LogP contribution in [-0.4, -0.2) is 34.2 Å². The van der Waals surface area contributed by atoms with Gasteiger partial charge >= 0.3 is 0 Å². The fourth-order valence-electron chi connectivity index (χ4n) is 3.00. The summed E-state index contributed by atoms with van der Waals surface area (Å²) in [7, 11) is 0. The molecular weight excluding hydrogens is 488 g/mol. The first kappa shape index (κ1) is 22.8. The lowest BCUT2D eigenvalue weighted by Crippen LogP contribution is -2.27. The van der Waals surface area contributed by atoms with Gasteiger partial charge in [0.1, 0.15) is 0 Å². The quantitative estimate of drug-likeness (QED) is 0.268. The van der Waals surface area contributed by atoms with Gasteiger partial charge in [0.2, 0.25) is 0 Å². The molecule has 1 fully saturated rings. The van der Waals surface area contributed by atoms with E-state index in [1.165, 1.54) is 18.2 Å². The molecule has 1 saturated heterocycles. The van der Waals surface area contributed by atoms with Crippen LogP contribution in [-0.2, 0) is 11.3 Å². The highest BCUT2D eigenvalue weighted by atomic mass is 79.9. The fourth-order valence-corrected chi connectivity index (χ4v) is 4.41. The molecule has 1 heterocycles. The van der Waals surface area contributed by atoms with Crippen molar-refractivity contribution in [3.63, 3.8) is 0 Å². The molecule has 0 unspecified atom stereocenters. The van der Waals surface area contributed by atoms with Crippen LogP contribution in [0, 0.1) is 10.1 Å². The number of rotatable bonds is 8. The molecule has 31 heavy (non-hydrogen) atoms. The van der Waals surface area contributed by atoms with E-state index in [0.717, 1.165) is 16.7 Å². The van der Waals surface area contributed by atoms with Gasteiger partial charge in [0.25, 0.3) is 16.8 Å². The third-order valence-corrected chi connectivity index (χ3v) is 5.80. The Kier molecular flexibility index (Phi) is 7.34. The first-order valence-electron chi connectivity index (χ1n) is 9.42. The van der Waals surface area contributed by atoms with E-state index in [0.29, 0.717) is 40.3 Å². The number of benzene rings is 2. The predicted octanol–water partition coefficient (Wildman–Crippen LogP) is 5.39. The molecule has 2 aromatic carbocycles. The summed E-state index contributed by atoms with van der Waals surface area (Å²) in [4.78, 5) is 37.2. The van der Waals surface area contributed by atoms with Crippen molar-refractivity contribution in [3.05, 3.63) is 67.0 Å². The van der Waals surface area contributed by atoms with Crippen molar-refractivity contribution in [1.29, 1.82) is 0 Å². The summed E-state index contributed by atoms with van der Waals surface area (Å²) in [5.41, 5.74) is 0.802. The Hall–Kier alpha value is -2.85. The smallest absolute Gasteiger partial charge is 0.293 e. The molecule has 0 saturated carbocycles. The second-order valence-electron chi connectivity index (χ2n) is 6.35. The van der Waals surface area contributed by atoms with Crippen LogP contribution >= 0.6 is 27.7 Å². The number of halogens is 1. The van der Waals surface area contributed by atoms with E-state index < -0.39 is 16.1 Å². The maximum atomic E-state index is 12.8. The number of nitrogens with zero attached hydrogens (tertiary/aromatic N) is 2. The molecule has 1 aliphatic heterocycles. The first-order chi connectivity index (χ1) is 14.8. The van der Waals surface area contributed by atoms with Crippen LogP contribution in [0.4, 0.5) is 10.5 Å². The summed E-state index contributed by atoms with van der Waals surface area (Å²) in [6.07, 6.45) is 1.59. The zero-order chi connectivity index (χ0) is 22.5. The van der Waals surface area contributed by atoms with Gasteiger partial charge in [-0.3, -0.25) is 24.6 Å². The second-order valence-corrected chi connectivity index (χ2v) is 8.20. The minimum absolute atomic E-state index is 0.137. The molecule has 0 atom stereocenters. The average molecular weight is 507 g/mol. The van der Waals surface area contributed by atoms with Crippen LogP contribution < -0.4 is 9.47 Å². The lowest BCUT2D eigenvalue weighted by molar-refractivity contribution is -0.385. The number of ether oxygens (including phenoxy) is 2. The standard InChI is InChI=1S/C21H19BrN2O6S/c1-3-29-17-10-13(9-15(22)19(17)30-4-2)11-18-20(25)23(21(26)31-18)12-14-7-5-6-8-16(14)24(27)28/h5-11H,3-4,12H2,1-2H3/b18-11+. The summed E-state index contributed by atoms with van der Waals surface area (Å²) < 4.78 is 11.9. The maximum absolute atomic E-state index is 12.8. The molecule has 10 heteroatoms. The number of para-hydroxylation sites is 1. The highest BCUT2D eigenvalue weighted by Crippen LogP contribution is 2.39. The van der Waals surface area contributed by atoms with E-state index in [9.17, 15) is 19.7 Å². The number of hydrogen-bond donors (Lipinski definition) is 0. The highest BCUT2D eigenvalue weighted by molar-refractivity contribution is 9.10. The van der Waals surface area contributed by atoms with E-state index in [-0.39, 0.29) is 17.1 Å². The number of imide groups is 1. The molecule has 3 rings (SSSR count). The van der Waals surface area contributed by atoms with Gasteiger partial charge in [-0.15, -0.1) is 0 Å². The summed E-state index contributed by atoms with van der Waals surface area (Å²) in [5.74, 6) is 0.575. The van der Waals surface area contributed by atoms with Gasteiger partial charge in [-0.1, -0.05) is 18.2 Å². The first-order valence-corrected chi connectivity index (χ1v) is 11.0. The van der Waals surface area contributed by atoms with Crippen LogP contribution in [0.5, 0.6) is 11.5 Å². The van der Waals surface area contributed by atoms with Gasteiger partial charge in [0.15, 0.2) is 11.5 Å². The lowest BCUT2D eigenvalue weighted by Gasteiger charge is -2.14. The van der Waals surface area contributed by atoms with Crippen molar-refractivity contribution in [2.24, 2.45) is 0 Å². The van der Waals surface area contributed by atoms with Gasteiger partial charge in [0.05, 0.1) is 34.1 Å². The van der Waals surface area contributed by atoms with Gasteiger partial charge < -0.3 is 9.47 Å². The largest absolute Gasteiger partial charge is 0.490 e. The van der Waals surface area contributed by atoms with Crippen molar-refractivity contribution in [3.8, 4) is 11.5 Å². The Morgan fingerprint density at radius 2 is 1.87 bits per heavy atom. The van der Waals surface area contributed by atoms with Gasteiger partial charge in [-0.25, -0.2) is 0 Å². The Balaban J connectivity index is 1.89. The topological polar surface area (TPSA) is 99.0 Å². The molecule has 162 valence electrons. The van der Waals surface area contributed by atoms with Crippen LogP contribution in [0.3, 0.4) is 0 Å². The maximum Gasteiger partial charge on any atom is 0.293 e. The molecule has 2 aromatic rings. The van der Waals surface area contributed by atoms with Crippen LogP contribution in [0.1, 0.15) is 25.0 Å². The zero-order valence-corrected chi connectivity index (χ0v) is 19.2. The third kappa shape index (κ3) is 5.08. The summed E-state index contributed by atoms with van der Waals surface area (Å²) in [6.45, 7) is 4.44. The van der Waals surface area contributed by atoms with E-state index in [4.69, 9.17) is 9.47 Å². The molecule has 0 spiro atoms. The van der Waals surface area contributed by atoms with Crippen LogP contribution in [0.2, 0.25) is 0 Å². The average Bonchev–Trinajstić information content (AvgIpc) is 2.98.